The molecule has 0 bridgehead atoms. The van der Waals surface area contributed by atoms with Crippen LogP contribution in [0.15, 0.2) is 24.5 Å². The smallest absolute Gasteiger partial charge is 0.317 e. The molecule has 0 aliphatic heterocycles. The molecule has 0 aromatic carbocycles. The second kappa shape index (κ2) is 8.27. The van der Waals surface area contributed by atoms with Crippen molar-refractivity contribution in [2.75, 3.05) is 12.8 Å². The van der Waals surface area contributed by atoms with Crippen LogP contribution in [0.2, 0.25) is 0 Å². The number of urea groups is 1. The van der Waals surface area contributed by atoms with E-state index in [0.717, 1.165) is 31.2 Å². The zero-order chi connectivity index (χ0) is 15.9. The number of rotatable bonds is 5. The summed E-state index contributed by atoms with van der Waals surface area (Å²) < 4.78 is 12.2. The van der Waals surface area contributed by atoms with Crippen molar-refractivity contribution < 1.29 is 9.00 Å². The normalized spacial score (nSPS) is 22.8. The van der Waals surface area contributed by atoms with E-state index >= 15 is 0 Å². The predicted molar refractivity (Wildman–Crippen MR) is 89.0 cm³/mol. The Morgan fingerprint density at radius 2 is 2.05 bits per heavy atom. The van der Waals surface area contributed by atoms with Crippen LogP contribution in [0.5, 0.6) is 0 Å². The molecule has 2 amide bonds. The predicted octanol–water partition coefficient (Wildman–Crippen LogP) is 2.30. The number of amides is 2. The minimum absolute atomic E-state index is 0.0296. The highest BCUT2D eigenvalue weighted by atomic mass is 32.2. The van der Waals surface area contributed by atoms with Gasteiger partial charge in [0.15, 0.2) is 0 Å². The highest BCUT2D eigenvalue weighted by Crippen LogP contribution is 2.23. The lowest BCUT2D eigenvalue weighted by atomic mass is 9.95. The first-order chi connectivity index (χ1) is 10.6. The van der Waals surface area contributed by atoms with E-state index in [2.05, 4.69) is 10.3 Å². The van der Waals surface area contributed by atoms with Crippen molar-refractivity contribution >= 4 is 16.8 Å². The van der Waals surface area contributed by atoms with E-state index in [1.54, 1.807) is 24.3 Å². The summed E-state index contributed by atoms with van der Waals surface area (Å²) in [6.45, 7) is 2.49. The number of carbonyl (C=O) groups is 1. The molecule has 1 heterocycles. The Kier molecular flexibility index (Phi) is 6.36. The third-order valence-corrected chi connectivity index (χ3v) is 5.96. The quantitative estimate of drug-likeness (QED) is 0.904. The standard InChI is InChI=1S/C16H25N3O2S/c1-3-22(21)15-7-5-4-6-14(15)18-16(20)19(2)12-13-8-10-17-11-9-13/h8-11,14-15H,3-7,12H2,1-2H3,(H,18,20)/t14-,15+,22+/m0/s1. The number of pyridine rings is 1. The van der Waals surface area contributed by atoms with Gasteiger partial charge in [-0.2, -0.15) is 0 Å². The molecule has 1 aliphatic carbocycles. The zero-order valence-corrected chi connectivity index (χ0v) is 14.1. The minimum Gasteiger partial charge on any atom is -0.334 e. The van der Waals surface area contributed by atoms with Crippen LogP contribution in [0.4, 0.5) is 4.79 Å². The summed E-state index contributed by atoms with van der Waals surface area (Å²) in [6, 6.07) is 3.74. The maximum absolute atomic E-state index is 12.4. The number of hydrogen-bond donors (Lipinski definition) is 1. The van der Waals surface area contributed by atoms with Crippen LogP contribution >= 0.6 is 0 Å². The van der Waals surface area contributed by atoms with Crippen LogP contribution in [0.25, 0.3) is 0 Å². The van der Waals surface area contributed by atoms with E-state index < -0.39 is 10.8 Å². The molecule has 0 radical (unpaired) electrons. The molecule has 1 aliphatic rings. The maximum Gasteiger partial charge on any atom is 0.317 e. The second-order valence-electron chi connectivity index (χ2n) is 5.76. The van der Waals surface area contributed by atoms with Crippen LogP contribution in [-0.2, 0) is 17.3 Å². The van der Waals surface area contributed by atoms with Gasteiger partial charge >= 0.3 is 6.03 Å². The summed E-state index contributed by atoms with van der Waals surface area (Å²) in [6.07, 6.45) is 7.52. The molecule has 2 rings (SSSR count). The van der Waals surface area contributed by atoms with E-state index in [0.29, 0.717) is 12.3 Å². The highest BCUT2D eigenvalue weighted by Gasteiger charge is 2.30. The Morgan fingerprint density at radius 3 is 2.73 bits per heavy atom. The molecular formula is C16H25N3O2S. The molecule has 0 unspecified atom stereocenters. The Hall–Kier alpha value is -1.43. The van der Waals surface area contributed by atoms with Gasteiger partial charge in [-0.25, -0.2) is 4.79 Å². The molecule has 6 heteroatoms. The summed E-state index contributed by atoms with van der Waals surface area (Å²) in [5.41, 5.74) is 1.05. The average Bonchev–Trinajstić information content (AvgIpc) is 2.55. The van der Waals surface area contributed by atoms with Gasteiger partial charge in [-0.15, -0.1) is 0 Å². The highest BCUT2D eigenvalue weighted by molar-refractivity contribution is 7.85. The van der Waals surface area contributed by atoms with Gasteiger partial charge in [0.05, 0.1) is 5.25 Å². The van der Waals surface area contributed by atoms with Crippen LogP contribution in [0, 0.1) is 0 Å². The molecule has 5 nitrogen and oxygen atoms in total. The number of aromatic nitrogens is 1. The Morgan fingerprint density at radius 1 is 1.36 bits per heavy atom. The SMILES string of the molecule is CC[S@@](=O)[C@@H]1CCCC[C@@H]1NC(=O)N(C)Cc1ccncc1. The Balaban J connectivity index is 1.93. The molecule has 1 aromatic rings. The maximum atomic E-state index is 12.4. The van der Waals surface area contributed by atoms with Gasteiger partial charge in [-0.3, -0.25) is 9.19 Å². The van der Waals surface area contributed by atoms with Crippen molar-refractivity contribution in [2.24, 2.45) is 0 Å². The summed E-state index contributed by atoms with van der Waals surface area (Å²) >= 11 is 0. The van der Waals surface area contributed by atoms with Gasteiger partial charge < -0.3 is 10.2 Å². The van der Waals surface area contributed by atoms with Crippen LogP contribution in [0.3, 0.4) is 0 Å². The zero-order valence-electron chi connectivity index (χ0n) is 13.3. The molecular weight excluding hydrogens is 298 g/mol. The number of carbonyl (C=O) groups excluding carboxylic acids is 1. The summed E-state index contributed by atoms with van der Waals surface area (Å²) in [5.74, 6) is 0.657. The van der Waals surface area contributed by atoms with Crippen molar-refractivity contribution in [1.29, 1.82) is 0 Å². The second-order valence-corrected chi connectivity index (χ2v) is 7.70. The van der Waals surface area contributed by atoms with Gasteiger partial charge in [-0.05, 0) is 30.5 Å². The summed E-state index contributed by atoms with van der Waals surface area (Å²) in [5, 5.41) is 3.18. The van der Waals surface area contributed by atoms with E-state index in [1.165, 1.54) is 0 Å². The first kappa shape index (κ1) is 16.9. The Labute approximate surface area is 135 Å². The van der Waals surface area contributed by atoms with Gasteiger partial charge in [0.25, 0.3) is 0 Å². The molecule has 0 spiro atoms. The topological polar surface area (TPSA) is 62.3 Å². The molecule has 22 heavy (non-hydrogen) atoms. The lowest BCUT2D eigenvalue weighted by Crippen LogP contribution is -2.50. The molecule has 1 fully saturated rings. The first-order valence-electron chi connectivity index (χ1n) is 7.89. The summed E-state index contributed by atoms with van der Waals surface area (Å²) in [7, 11) is 0.930. The van der Waals surface area contributed by atoms with Crippen molar-refractivity contribution in [1.82, 2.24) is 15.2 Å². The molecule has 1 aromatic heterocycles. The monoisotopic (exact) mass is 323 g/mol. The first-order valence-corrected chi connectivity index (χ1v) is 9.27. The van der Waals surface area contributed by atoms with Crippen molar-refractivity contribution in [2.45, 2.75) is 50.4 Å². The van der Waals surface area contributed by atoms with E-state index in [1.807, 2.05) is 19.1 Å². The van der Waals surface area contributed by atoms with E-state index in [-0.39, 0.29) is 17.3 Å². The average molecular weight is 323 g/mol. The number of hydrogen-bond acceptors (Lipinski definition) is 3. The van der Waals surface area contributed by atoms with Crippen molar-refractivity contribution in [3.05, 3.63) is 30.1 Å². The van der Waals surface area contributed by atoms with Crippen LogP contribution in [-0.4, -0.2) is 44.2 Å². The molecule has 0 saturated heterocycles. The number of nitrogens with zero attached hydrogens (tertiary/aromatic N) is 2. The number of nitrogens with one attached hydrogen (secondary N) is 1. The fraction of sp³-hybridized carbons (Fsp3) is 0.625. The summed E-state index contributed by atoms with van der Waals surface area (Å²) in [4.78, 5) is 18.0. The molecule has 122 valence electrons. The molecule has 1 saturated carbocycles. The van der Waals surface area contributed by atoms with Gasteiger partial charge in [0.2, 0.25) is 0 Å². The molecule has 3 atom stereocenters. The Bertz CT molecular complexity index is 509. The molecule has 1 N–H and O–H groups in total. The fourth-order valence-electron chi connectivity index (χ4n) is 2.89. The third kappa shape index (κ3) is 4.53. The fourth-order valence-corrected chi connectivity index (χ4v) is 4.32. The van der Waals surface area contributed by atoms with Gasteiger partial charge in [0, 0.05) is 48.6 Å². The van der Waals surface area contributed by atoms with Crippen molar-refractivity contribution in [3.8, 4) is 0 Å². The minimum atomic E-state index is -0.853. The van der Waals surface area contributed by atoms with Gasteiger partial charge in [0.1, 0.15) is 0 Å². The van der Waals surface area contributed by atoms with E-state index in [4.69, 9.17) is 0 Å². The van der Waals surface area contributed by atoms with Gasteiger partial charge in [-0.1, -0.05) is 19.8 Å². The van der Waals surface area contributed by atoms with Crippen molar-refractivity contribution in [3.63, 3.8) is 0 Å². The lowest BCUT2D eigenvalue weighted by molar-refractivity contribution is 0.199. The van der Waals surface area contributed by atoms with Crippen LogP contribution in [0.1, 0.15) is 38.2 Å². The van der Waals surface area contributed by atoms with E-state index in [9.17, 15) is 9.00 Å². The van der Waals surface area contributed by atoms with Crippen LogP contribution < -0.4 is 5.32 Å². The largest absolute Gasteiger partial charge is 0.334 e. The lowest BCUT2D eigenvalue weighted by Gasteiger charge is -2.32. The third-order valence-electron chi connectivity index (χ3n) is 4.15.